The third-order valence-corrected chi connectivity index (χ3v) is 1.35. The van der Waals surface area contributed by atoms with E-state index in [1.807, 2.05) is 5.32 Å². The van der Waals surface area contributed by atoms with Crippen LogP contribution in [0.25, 0.3) is 0 Å². The first-order chi connectivity index (χ1) is 6.82. The number of carbonyl (C=O) groups is 2. The van der Waals surface area contributed by atoms with Gasteiger partial charge in [-0.3, -0.25) is 0 Å². The number of urea groups is 1. The van der Waals surface area contributed by atoms with Crippen molar-refractivity contribution in [2.45, 2.75) is 19.1 Å². The Morgan fingerprint density at radius 1 is 1.40 bits per heavy atom. The van der Waals surface area contributed by atoms with Crippen LogP contribution in [-0.2, 0) is 9.53 Å². The van der Waals surface area contributed by atoms with Crippen LogP contribution in [0.4, 0.5) is 18.0 Å². The maximum atomic E-state index is 12.2. The molecule has 88 valence electrons. The van der Waals surface area contributed by atoms with Crippen LogP contribution in [0.3, 0.4) is 0 Å². The summed E-state index contributed by atoms with van der Waals surface area (Å²) in [4.78, 5) is 21.5. The highest BCUT2D eigenvalue weighted by Gasteiger charge is 2.47. The molecule has 2 amide bonds. The summed E-state index contributed by atoms with van der Waals surface area (Å²) in [6, 6.07) is -3.75. The van der Waals surface area contributed by atoms with Crippen molar-refractivity contribution < 1.29 is 27.5 Å². The van der Waals surface area contributed by atoms with Crippen molar-refractivity contribution in [2.75, 3.05) is 13.7 Å². The maximum Gasteiger partial charge on any atom is 0.419 e. The molecule has 0 aromatic heterocycles. The van der Waals surface area contributed by atoms with E-state index in [-0.39, 0.29) is 6.61 Å². The van der Waals surface area contributed by atoms with E-state index in [0.717, 1.165) is 7.05 Å². The highest BCUT2D eigenvalue weighted by atomic mass is 19.4. The van der Waals surface area contributed by atoms with Crippen LogP contribution in [0.15, 0.2) is 0 Å². The molecule has 15 heavy (non-hydrogen) atoms. The van der Waals surface area contributed by atoms with Crippen molar-refractivity contribution in [1.82, 2.24) is 10.6 Å². The van der Waals surface area contributed by atoms with Crippen molar-refractivity contribution in [3.63, 3.8) is 0 Å². The molecule has 0 aliphatic rings. The number of alkyl halides is 3. The molecule has 8 heteroatoms. The van der Waals surface area contributed by atoms with E-state index in [9.17, 15) is 22.8 Å². The minimum absolute atomic E-state index is 0.194. The average Bonchev–Trinajstić information content (AvgIpc) is 2.12. The van der Waals surface area contributed by atoms with Gasteiger partial charge in [0.1, 0.15) is 0 Å². The molecular weight excluding hydrogens is 217 g/mol. The Morgan fingerprint density at radius 3 is 2.27 bits per heavy atom. The molecule has 0 aliphatic carbocycles. The molecule has 0 spiro atoms. The Bertz CT molecular complexity index is 242. The SMILES string of the molecule is CCOC(=O)C(NC(=O)NC)C(F)(F)F. The summed E-state index contributed by atoms with van der Waals surface area (Å²) in [5, 5.41) is 3.35. The third-order valence-electron chi connectivity index (χ3n) is 1.35. The van der Waals surface area contributed by atoms with E-state index in [1.54, 1.807) is 0 Å². The van der Waals surface area contributed by atoms with Gasteiger partial charge >= 0.3 is 18.2 Å². The van der Waals surface area contributed by atoms with Crippen molar-refractivity contribution in [1.29, 1.82) is 0 Å². The van der Waals surface area contributed by atoms with E-state index in [1.165, 1.54) is 12.2 Å². The lowest BCUT2D eigenvalue weighted by Crippen LogP contribution is -2.53. The lowest BCUT2D eigenvalue weighted by molar-refractivity contribution is -0.182. The number of nitrogens with one attached hydrogen (secondary N) is 2. The number of halogens is 3. The Kier molecular flexibility index (Phi) is 4.89. The maximum absolute atomic E-state index is 12.2. The molecular formula is C7H11F3N2O3. The van der Waals surface area contributed by atoms with Crippen LogP contribution < -0.4 is 10.6 Å². The fourth-order valence-corrected chi connectivity index (χ4v) is 0.703. The molecule has 0 fully saturated rings. The Hall–Kier alpha value is -1.47. The lowest BCUT2D eigenvalue weighted by atomic mass is 10.3. The van der Waals surface area contributed by atoms with Crippen molar-refractivity contribution in [3.8, 4) is 0 Å². The summed E-state index contributed by atoms with van der Waals surface area (Å²) in [5.74, 6) is -1.53. The second kappa shape index (κ2) is 5.42. The highest BCUT2D eigenvalue weighted by molar-refractivity contribution is 5.84. The van der Waals surface area contributed by atoms with Gasteiger partial charge in [0.2, 0.25) is 6.04 Å². The quantitative estimate of drug-likeness (QED) is 0.687. The molecule has 0 aromatic rings. The summed E-state index contributed by atoms with van der Waals surface area (Å²) >= 11 is 0. The predicted molar refractivity (Wildman–Crippen MR) is 44.1 cm³/mol. The van der Waals surface area contributed by atoms with Gasteiger partial charge in [-0.1, -0.05) is 0 Å². The number of hydrogen-bond donors (Lipinski definition) is 2. The first-order valence-corrected chi connectivity index (χ1v) is 4.04. The molecule has 0 saturated heterocycles. The molecule has 0 saturated carbocycles. The van der Waals surface area contributed by atoms with Gasteiger partial charge in [0.15, 0.2) is 0 Å². The zero-order valence-corrected chi connectivity index (χ0v) is 8.14. The van der Waals surface area contributed by atoms with Gasteiger partial charge in [0.05, 0.1) is 6.61 Å². The molecule has 2 N–H and O–H groups in total. The fourth-order valence-electron chi connectivity index (χ4n) is 0.703. The van der Waals surface area contributed by atoms with Crippen molar-refractivity contribution in [2.24, 2.45) is 0 Å². The van der Waals surface area contributed by atoms with Gasteiger partial charge in [-0.05, 0) is 6.92 Å². The largest absolute Gasteiger partial charge is 0.464 e. The summed E-state index contributed by atoms with van der Waals surface area (Å²) in [6.07, 6.45) is -4.88. The molecule has 1 atom stereocenters. The van der Waals surface area contributed by atoms with Crippen LogP contribution in [0.5, 0.6) is 0 Å². The minimum Gasteiger partial charge on any atom is -0.464 e. The van der Waals surface area contributed by atoms with Crippen LogP contribution in [-0.4, -0.2) is 37.9 Å². The van der Waals surface area contributed by atoms with Gasteiger partial charge in [0, 0.05) is 7.05 Å². The predicted octanol–water partition coefficient (Wildman–Crippen LogP) is 0.409. The van der Waals surface area contributed by atoms with Gasteiger partial charge in [-0.25, -0.2) is 9.59 Å². The molecule has 0 rings (SSSR count). The minimum atomic E-state index is -4.88. The smallest absolute Gasteiger partial charge is 0.419 e. The number of rotatable bonds is 3. The Labute approximate surface area is 84.0 Å². The summed E-state index contributed by atoms with van der Waals surface area (Å²) in [7, 11) is 1.13. The van der Waals surface area contributed by atoms with Gasteiger partial charge in [0.25, 0.3) is 0 Å². The molecule has 5 nitrogen and oxygen atoms in total. The van der Waals surface area contributed by atoms with Crippen LogP contribution in [0.1, 0.15) is 6.92 Å². The summed E-state index contributed by atoms with van der Waals surface area (Å²) < 4.78 is 40.9. The summed E-state index contributed by atoms with van der Waals surface area (Å²) in [5.41, 5.74) is 0. The van der Waals surface area contributed by atoms with E-state index < -0.39 is 24.2 Å². The Balaban J connectivity index is 4.59. The van der Waals surface area contributed by atoms with E-state index in [0.29, 0.717) is 0 Å². The zero-order valence-electron chi connectivity index (χ0n) is 8.14. The number of carbonyl (C=O) groups excluding carboxylic acids is 2. The first-order valence-electron chi connectivity index (χ1n) is 4.04. The van der Waals surface area contributed by atoms with Gasteiger partial charge in [-0.2, -0.15) is 13.2 Å². The molecule has 1 unspecified atom stereocenters. The monoisotopic (exact) mass is 228 g/mol. The number of esters is 1. The zero-order chi connectivity index (χ0) is 12.1. The van der Waals surface area contributed by atoms with Crippen LogP contribution in [0, 0.1) is 0 Å². The van der Waals surface area contributed by atoms with E-state index >= 15 is 0 Å². The molecule has 0 bridgehead atoms. The summed E-state index contributed by atoms with van der Waals surface area (Å²) in [6.45, 7) is 1.17. The fraction of sp³-hybridized carbons (Fsp3) is 0.714. The second-order valence-corrected chi connectivity index (χ2v) is 2.45. The molecule has 0 aliphatic heterocycles. The standard InChI is InChI=1S/C7H11F3N2O3/c1-3-15-5(13)4(7(8,9)10)12-6(14)11-2/h4H,3H2,1-2H3,(H2,11,12,14). The third kappa shape index (κ3) is 4.52. The number of ether oxygens (including phenoxy) is 1. The highest BCUT2D eigenvalue weighted by Crippen LogP contribution is 2.21. The van der Waals surface area contributed by atoms with Crippen molar-refractivity contribution >= 4 is 12.0 Å². The van der Waals surface area contributed by atoms with E-state index in [4.69, 9.17) is 0 Å². The first kappa shape index (κ1) is 13.5. The van der Waals surface area contributed by atoms with Gasteiger partial charge < -0.3 is 15.4 Å². The van der Waals surface area contributed by atoms with Crippen LogP contribution in [0.2, 0.25) is 0 Å². The molecule has 0 radical (unpaired) electrons. The second-order valence-electron chi connectivity index (χ2n) is 2.45. The Morgan fingerprint density at radius 2 is 1.93 bits per heavy atom. The molecule has 0 aromatic carbocycles. The topological polar surface area (TPSA) is 67.4 Å². The lowest BCUT2D eigenvalue weighted by Gasteiger charge is -2.19. The molecule has 0 heterocycles. The van der Waals surface area contributed by atoms with E-state index in [2.05, 4.69) is 4.74 Å². The van der Waals surface area contributed by atoms with Crippen LogP contribution >= 0.6 is 0 Å². The average molecular weight is 228 g/mol. The normalized spacial score (nSPS) is 12.9. The van der Waals surface area contributed by atoms with Gasteiger partial charge in [-0.15, -0.1) is 0 Å². The van der Waals surface area contributed by atoms with Crippen molar-refractivity contribution in [3.05, 3.63) is 0 Å². The number of amides is 2. The number of hydrogen-bond acceptors (Lipinski definition) is 3.